The monoisotopic (exact) mass is 252 g/mol. The molecule has 0 saturated carbocycles. The molecule has 0 saturated heterocycles. The highest BCUT2D eigenvalue weighted by Crippen LogP contribution is 2.32. The van der Waals surface area contributed by atoms with Crippen LogP contribution in [0.5, 0.6) is 5.75 Å². The third-order valence-corrected chi connectivity index (χ3v) is 3.23. The highest BCUT2D eigenvalue weighted by molar-refractivity contribution is 7.80. The predicted octanol–water partition coefficient (Wildman–Crippen LogP) is 1.60. The fourth-order valence-electron chi connectivity index (χ4n) is 1.81. The van der Waals surface area contributed by atoms with Crippen LogP contribution in [0, 0.1) is 0 Å². The van der Waals surface area contributed by atoms with Crippen molar-refractivity contribution in [3.8, 4) is 5.75 Å². The van der Waals surface area contributed by atoms with E-state index in [2.05, 4.69) is 23.3 Å². The zero-order valence-corrected chi connectivity index (χ0v) is 10.8. The fraction of sp³-hybridized carbons (Fsp3) is 0.417. The molecule has 1 aliphatic rings. The zero-order chi connectivity index (χ0) is 12.4. The van der Waals surface area contributed by atoms with Gasteiger partial charge >= 0.3 is 0 Å². The van der Waals surface area contributed by atoms with Crippen molar-refractivity contribution in [2.75, 3.05) is 18.1 Å². The van der Waals surface area contributed by atoms with E-state index in [1.54, 1.807) is 6.92 Å². The number of carbonyl (C=O) groups is 1. The molecule has 1 aromatic rings. The van der Waals surface area contributed by atoms with Crippen LogP contribution in [0.15, 0.2) is 18.2 Å². The minimum Gasteiger partial charge on any atom is -0.479 e. The molecule has 92 valence electrons. The molecule has 2 atom stereocenters. The minimum atomic E-state index is -0.432. The van der Waals surface area contributed by atoms with E-state index in [-0.39, 0.29) is 11.9 Å². The van der Waals surface area contributed by atoms with Crippen molar-refractivity contribution in [1.82, 2.24) is 5.32 Å². The summed E-state index contributed by atoms with van der Waals surface area (Å²) in [7, 11) is 1.89. The molecule has 2 N–H and O–H groups in total. The van der Waals surface area contributed by atoms with Gasteiger partial charge in [-0.1, -0.05) is 6.07 Å². The molecule has 0 fully saturated rings. The second-order valence-corrected chi connectivity index (χ2v) is 4.39. The first-order chi connectivity index (χ1) is 8.15. The van der Waals surface area contributed by atoms with Gasteiger partial charge in [-0.15, -0.1) is 0 Å². The van der Waals surface area contributed by atoms with Gasteiger partial charge in [0, 0.05) is 11.8 Å². The average Bonchev–Trinajstić information content (AvgIpc) is 2.32. The van der Waals surface area contributed by atoms with Gasteiger partial charge in [-0.25, -0.2) is 0 Å². The Bertz CT molecular complexity index is 433. The number of fused-ring (bicyclic) bond motifs is 1. The van der Waals surface area contributed by atoms with Crippen molar-refractivity contribution in [3.05, 3.63) is 23.8 Å². The second-order valence-electron chi connectivity index (χ2n) is 4.03. The van der Waals surface area contributed by atoms with Crippen LogP contribution in [-0.2, 0) is 4.79 Å². The summed E-state index contributed by atoms with van der Waals surface area (Å²) in [6.07, 6.45) is -0.432. The molecule has 5 heteroatoms. The number of hydrogen-bond acceptors (Lipinski definition) is 4. The molecule has 1 aliphatic heterocycles. The molecule has 0 aliphatic carbocycles. The summed E-state index contributed by atoms with van der Waals surface area (Å²) in [5.74, 6) is 1.30. The van der Waals surface area contributed by atoms with Crippen molar-refractivity contribution in [3.63, 3.8) is 0 Å². The summed E-state index contributed by atoms with van der Waals surface area (Å²) in [5, 5.41) is 6.00. The van der Waals surface area contributed by atoms with E-state index in [9.17, 15) is 4.79 Å². The summed E-state index contributed by atoms with van der Waals surface area (Å²) < 4.78 is 5.49. The maximum absolute atomic E-state index is 11.5. The van der Waals surface area contributed by atoms with Crippen LogP contribution >= 0.6 is 12.6 Å². The van der Waals surface area contributed by atoms with Gasteiger partial charge in [-0.3, -0.25) is 4.79 Å². The van der Waals surface area contributed by atoms with Crippen molar-refractivity contribution in [2.24, 2.45) is 0 Å². The normalized spacial score (nSPS) is 20.2. The lowest BCUT2D eigenvalue weighted by molar-refractivity contribution is -0.122. The standard InChI is InChI=1S/C12H16N2O2S/c1-7-12(15)14-9-5-8(10(6-17)13-2)3-4-11(9)16-7/h3-5,7,10,13,17H,6H2,1-2H3,(H,14,15). The highest BCUT2D eigenvalue weighted by Gasteiger charge is 2.24. The molecule has 17 heavy (non-hydrogen) atoms. The summed E-state index contributed by atoms with van der Waals surface area (Å²) in [4.78, 5) is 11.5. The molecule has 0 spiro atoms. The molecule has 1 heterocycles. The molecule has 0 aromatic heterocycles. The molecule has 4 nitrogen and oxygen atoms in total. The number of amides is 1. The second kappa shape index (κ2) is 4.98. The van der Waals surface area contributed by atoms with Gasteiger partial charge in [0.05, 0.1) is 5.69 Å². The smallest absolute Gasteiger partial charge is 0.265 e. The number of carbonyl (C=O) groups excluding carboxylic acids is 1. The molecular weight excluding hydrogens is 236 g/mol. The molecule has 1 aromatic carbocycles. The van der Waals surface area contributed by atoms with Crippen LogP contribution in [0.1, 0.15) is 18.5 Å². The number of benzene rings is 1. The van der Waals surface area contributed by atoms with Gasteiger partial charge in [0.1, 0.15) is 5.75 Å². The predicted molar refractivity (Wildman–Crippen MR) is 70.8 cm³/mol. The van der Waals surface area contributed by atoms with Crippen LogP contribution < -0.4 is 15.4 Å². The fourth-order valence-corrected chi connectivity index (χ4v) is 2.20. The van der Waals surface area contributed by atoms with Crippen LogP contribution in [0.2, 0.25) is 0 Å². The maximum Gasteiger partial charge on any atom is 0.265 e. The number of ether oxygens (including phenoxy) is 1. The first kappa shape index (κ1) is 12.3. The lowest BCUT2D eigenvalue weighted by Gasteiger charge is -2.24. The maximum atomic E-state index is 11.5. The SMILES string of the molecule is CNC(CS)c1ccc2c(c1)NC(=O)C(C)O2. The Balaban J connectivity index is 2.31. The van der Waals surface area contributed by atoms with Gasteiger partial charge in [-0.05, 0) is 31.7 Å². The Morgan fingerprint density at radius 2 is 2.35 bits per heavy atom. The Labute approximate surface area is 106 Å². The Morgan fingerprint density at radius 3 is 3.00 bits per heavy atom. The van der Waals surface area contributed by atoms with E-state index in [0.29, 0.717) is 5.75 Å². The molecule has 2 rings (SSSR count). The Morgan fingerprint density at radius 1 is 1.59 bits per heavy atom. The molecular formula is C12H16N2O2S. The summed E-state index contributed by atoms with van der Waals surface area (Å²) in [6.45, 7) is 1.73. The van der Waals surface area contributed by atoms with Gasteiger partial charge < -0.3 is 15.4 Å². The quantitative estimate of drug-likeness (QED) is 0.716. The lowest BCUT2D eigenvalue weighted by Crippen LogP contribution is -2.34. The van der Waals surface area contributed by atoms with Crippen LogP contribution in [0.25, 0.3) is 0 Å². The molecule has 2 unspecified atom stereocenters. The number of anilines is 1. The van der Waals surface area contributed by atoms with Crippen molar-refractivity contribution < 1.29 is 9.53 Å². The van der Waals surface area contributed by atoms with Gasteiger partial charge in [0.15, 0.2) is 6.10 Å². The molecule has 1 amide bonds. The summed E-state index contributed by atoms with van der Waals surface area (Å²) in [5.41, 5.74) is 1.81. The van der Waals surface area contributed by atoms with Crippen LogP contribution in [-0.4, -0.2) is 24.8 Å². The number of thiol groups is 1. The van der Waals surface area contributed by atoms with E-state index in [4.69, 9.17) is 4.74 Å². The largest absolute Gasteiger partial charge is 0.479 e. The third kappa shape index (κ3) is 2.40. The first-order valence-corrected chi connectivity index (χ1v) is 6.18. The van der Waals surface area contributed by atoms with Gasteiger partial charge in [0.25, 0.3) is 5.91 Å². The first-order valence-electron chi connectivity index (χ1n) is 5.55. The molecule has 0 bridgehead atoms. The summed E-state index contributed by atoms with van der Waals surface area (Å²) in [6, 6.07) is 5.96. The van der Waals surface area contributed by atoms with E-state index in [1.807, 2.05) is 25.2 Å². The van der Waals surface area contributed by atoms with Crippen LogP contribution in [0.4, 0.5) is 5.69 Å². The number of rotatable bonds is 3. The van der Waals surface area contributed by atoms with Crippen LogP contribution in [0.3, 0.4) is 0 Å². The van der Waals surface area contributed by atoms with Gasteiger partial charge in [-0.2, -0.15) is 12.6 Å². The lowest BCUT2D eigenvalue weighted by atomic mass is 10.1. The van der Waals surface area contributed by atoms with E-state index in [0.717, 1.165) is 17.0 Å². The van der Waals surface area contributed by atoms with Crippen molar-refractivity contribution in [1.29, 1.82) is 0 Å². The van der Waals surface area contributed by atoms with E-state index < -0.39 is 6.10 Å². The molecule has 0 radical (unpaired) electrons. The number of nitrogens with one attached hydrogen (secondary N) is 2. The third-order valence-electron chi connectivity index (χ3n) is 2.87. The van der Waals surface area contributed by atoms with Crippen molar-refractivity contribution >= 4 is 24.2 Å². The Hall–Kier alpha value is -1.20. The number of hydrogen-bond donors (Lipinski definition) is 3. The zero-order valence-electron chi connectivity index (χ0n) is 9.86. The van der Waals surface area contributed by atoms with Gasteiger partial charge in [0.2, 0.25) is 0 Å². The minimum absolute atomic E-state index is 0.110. The Kier molecular flexibility index (Phi) is 3.59. The van der Waals surface area contributed by atoms with E-state index in [1.165, 1.54) is 0 Å². The topological polar surface area (TPSA) is 50.4 Å². The summed E-state index contributed by atoms with van der Waals surface area (Å²) >= 11 is 4.28. The van der Waals surface area contributed by atoms with Crippen molar-refractivity contribution in [2.45, 2.75) is 19.1 Å². The highest BCUT2D eigenvalue weighted by atomic mass is 32.1. The average molecular weight is 252 g/mol. The van der Waals surface area contributed by atoms with E-state index >= 15 is 0 Å².